The molecule has 0 bridgehead atoms. The van der Waals surface area contributed by atoms with Gasteiger partial charge in [0.2, 0.25) is 0 Å². The van der Waals surface area contributed by atoms with Crippen molar-refractivity contribution in [1.82, 2.24) is 4.73 Å². The summed E-state index contributed by atoms with van der Waals surface area (Å²) in [6.45, 7) is 2.75. The molecule has 0 radical (unpaired) electrons. The number of rotatable bonds is 10. The zero-order chi connectivity index (χ0) is 22.2. The molecule has 0 atom stereocenters. The van der Waals surface area contributed by atoms with Crippen LogP contribution in [-0.4, -0.2) is 11.3 Å². The van der Waals surface area contributed by atoms with E-state index in [2.05, 4.69) is 19.1 Å². The first kappa shape index (κ1) is 21.9. The summed E-state index contributed by atoms with van der Waals surface area (Å²) in [5.74, 6) is 0. The maximum absolute atomic E-state index is 13.5. The molecule has 1 aromatic heterocycles. The number of hydrogen-bond acceptors (Lipinski definition) is 2. The first-order valence-electron chi connectivity index (χ1n) is 11.7. The fraction of sp³-hybridized carbons (Fsp3) is 0.276. The van der Waals surface area contributed by atoms with Gasteiger partial charge in [-0.1, -0.05) is 111 Å². The van der Waals surface area contributed by atoms with Crippen molar-refractivity contribution in [2.45, 2.75) is 45.4 Å². The summed E-state index contributed by atoms with van der Waals surface area (Å²) in [6, 6.07) is 28.2. The molecule has 4 aromatic rings. The Hall–Kier alpha value is -3.33. The van der Waals surface area contributed by atoms with E-state index in [4.69, 9.17) is 4.84 Å². The summed E-state index contributed by atoms with van der Waals surface area (Å²) in [6.07, 6.45) is 7.06. The van der Waals surface area contributed by atoms with Crippen LogP contribution in [-0.2, 0) is 0 Å². The number of fused-ring (bicyclic) bond motifs is 1. The van der Waals surface area contributed by atoms with Gasteiger partial charge in [-0.15, -0.1) is 4.73 Å². The topological polar surface area (TPSA) is 31.2 Å². The van der Waals surface area contributed by atoms with E-state index >= 15 is 0 Å². The molecule has 3 nitrogen and oxygen atoms in total. The van der Waals surface area contributed by atoms with Crippen molar-refractivity contribution < 1.29 is 4.84 Å². The highest BCUT2D eigenvalue weighted by atomic mass is 16.7. The van der Waals surface area contributed by atoms with Crippen molar-refractivity contribution in [3.05, 3.63) is 95.3 Å². The second kappa shape index (κ2) is 10.8. The minimum atomic E-state index is -0.106. The van der Waals surface area contributed by atoms with Crippen molar-refractivity contribution in [3.63, 3.8) is 0 Å². The Bertz CT molecular complexity index is 1200. The highest BCUT2D eigenvalue weighted by Gasteiger charge is 2.20. The van der Waals surface area contributed by atoms with Gasteiger partial charge in [-0.05, 0) is 29.9 Å². The lowest BCUT2D eigenvalue weighted by molar-refractivity contribution is 0.103. The molecule has 3 aromatic carbocycles. The molecule has 0 saturated heterocycles. The summed E-state index contributed by atoms with van der Waals surface area (Å²) in [7, 11) is 0. The molecule has 0 unspecified atom stereocenters. The van der Waals surface area contributed by atoms with Crippen LogP contribution in [0.2, 0.25) is 0 Å². The van der Waals surface area contributed by atoms with Crippen LogP contribution in [0.5, 0.6) is 0 Å². The predicted octanol–water partition coefficient (Wildman–Crippen LogP) is 7.12. The van der Waals surface area contributed by atoms with Crippen molar-refractivity contribution in [3.8, 4) is 22.4 Å². The third-order valence-corrected chi connectivity index (χ3v) is 5.88. The minimum Gasteiger partial charge on any atom is -0.410 e. The van der Waals surface area contributed by atoms with Crippen LogP contribution in [0.15, 0.2) is 89.7 Å². The smallest absolute Gasteiger partial charge is 0.291 e. The number of unbranched alkanes of at least 4 members (excludes halogenated alkanes) is 5. The molecule has 0 fully saturated rings. The Morgan fingerprint density at radius 1 is 0.656 bits per heavy atom. The summed E-state index contributed by atoms with van der Waals surface area (Å²) >= 11 is 0. The van der Waals surface area contributed by atoms with E-state index in [9.17, 15) is 4.79 Å². The summed E-state index contributed by atoms with van der Waals surface area (Å²) in [5, 5.41) is 1.62. The van der Waals surface area contributed by atoms with Gasteiger partial charge in [0, 0.05) is 11.1 Å². The molecule has 0 amide bonds. The first-order chi connectivity index (χ1) is 15.8. The molecule has 4 rings (SSSR count). The van der Waals surface area contributed by atoms with Gasteiger partial charge < -0.3 is 4.84 Å². The van der Waals surface area contributed by atoms with Gasteiger partial charge in [-0.25, -0.2) is 0 Å². The van der Waals surface area contributed by atoms with Crippen LogP contribution in [0.1, 0.15) is 45.4 Å². The van der Waals surface area contributed by atoms with Crippen molar-refractivity contribution in [2.24, 2.45) is 0 Å². The normalized spacial score (nSPS) is 11.0. The molecule has 0 aliphatic carbocycles. The molecule has 0 saturated carbocycles. The molecular formula is C29H31NO2. The van der Waals surface area contributed by atoms with Gasteiger partial charge in [0.1, 0.15) is 6.61 Å². The molecule has 3 heteroatoms. The van der Waals surface area contributed by atoms with Crippen LogP contribution in [0.25, 0.3) is 33.2 Å². The average molecular weight is 426 g/mol. The maximum atomic E-state index is 13.5. The minimum absolute atomic E-state index is 0.106. The number of nitrogens with zero attached hydrogens (tertiary/aromatic N) is 1. The van der Waals surface area contributed by atoms with Crippen LogP contribution < -0.4 is 10.4 Å². The van der Waals surface area contributed by atoms with Crippen LogP contribution in [0.3, 0.4) is 0 Å². The zero-order valence-electron chi connectivity index (χ0n) is 18.8. The third kappa shape index (κ3) is 4.77. The fourth-order valence-electron chi connectivity index (χ4n) is 4.24. The van der Waals surface area contributed by atoms with Crippen molar-refractivity contribution >= 4 is 10.8 Å². The SMILES string of the molecule is CCCCCCCCOn1c(-c2ccccc2)c(-c2ccccc2)c2ccccc2c1=O. The van der Waals surface area contributed by atoms with E-state index in [0.29, 0.717) is 12.0 Å². The predicted molar refractivity (Wildman–Crippen MR) is 134 cm³/mol. The van der Waals surface area contributed by atoms with E-state index in [1.807, 2.05) is 72.8 Å². The van der Waals surface area contributed by atoms with Crippen molar-refractivity contribution in [2.75, 3.05) is 6.61 Å². The van der Waals surface area contributed by atoms with Gasteiger partial charge in [0.05, 0.1) is 11.1 Å². The second-order valence-electron chi connectivity index (χ2n) is 8.20. The Morgan fingerprint density at radius 2 is 1.22 bits per heavy atom. The van der Waals surface area contributed by atoms with Gasteiger partial charge in [0.15, 0.2) is 0 Å². The second-order valence-corrected chi connectivity index (χ2v) is 8.20. The Labute approximate surface area is 190 Å². The fourth-order valence-corrected chi connectivity index (χ4v) is 4.24. The van der Waals surface area contributed by atoms with E-state index < -0.39 is 0 Å². The average Bonchev–Trinajstić information content (AvgIpc) is 2.85. The number of pyridine rings is 1. The quantitative estimate of drug-likeness (QED) is 0.253. The Balaban J connectivity index is 1.81. The van der Waals surface area contributed by atoms with Gasteiger partial charge in [-0.2, -0.15) is 0 Å². The molecule has 0 aliphatic heterocycles. The van der Waals surface area contributed by atoms with E-state index in [0.717, 1.165) is 40.6 Å². The standard InChI is InChI=1S/C29H31NO2/c1-2-3-4-5-6-15-22-32-30-28(24-18-11-8-12-19-24)27(23-16-9-7-10-17-23)25-20-13-14-21-26(25)29(30)31/h7-14,16-21H,2-6,15,22H2,1H3. The van der Waals surface area contributed by atoms with Crippen molar-refractivity contribution in [1.29, 1.82) is 0 Å². The monoisotopic (exact) mass is 425 g/mol. The van der Waals surface area contributed by atoms with Crippen LogP contribution in [0.4, 0.5) is 0 Å². The van der Waals surface area contributed by atoms with E-state index in [1.54, 1.807) is 0 Å². The summed E-state index contributed by atoms with van der Waals surface area (Å²) < 4.78 is 1.53. The van der Waals surface area contributed by atoms with Crippen LogP contribution in [0, 0.1) is 0 Å². The molecule has 0 aliphatic rings. The van der Waals surface area contributed by atoms with Gasteiger partial charge in [-0.3, -0.25) is 4.79 Å². The van der Waals surface area contributed by atoms with Gasteiger partial charge in [0.25, 0.3) is 5.56 Å². The highest BCUT2D eigenvalue weighted by Crippen LogP contribution is 2.36. The van der Waals surface area contributed by atoms with Gasteiger partial charge >= 0.3 is 0 Å². The van der Waals surface area contributed by atoms with E-state index in [1.165, 1.54) is 30.4 Å². The molecule has 164 valence electrons. The Morgan fingerprint density at radius 3 is 1.91 bits per heavy atom. The number of benzene rings is 3. The molecule has 32 heavy (non-hydrogen) atoms. The zero-order valence-corrected chi connectivity index (χ0v) is 18.8. The van der Waals surface area contributed by atoms with Crippen LogP contribution >= 0.6 is 0 Å². The molecule has 0 spiro atoms. The molecule has 1 heterocycles. The number of hydrogen-bond donors (Lipinski definition) is 0. The summed E-state index contributed by atoms with van der Waals surface area (Å²) in [5.41, 5.74) is 3.77. The Kier molecular flexibility index (Phi) is 7.39. The lowest BCUT2D eigenvalue weighted by Crippen LogP contribution is -2.30. The lowest BCUT2D eigenvalue weighted by atomic mass is 9.94. The number of aromatic nitrogens is 1. The van der Waals surface area contributed by atoms with E-state index in [-0.39, 0.29) is 5.56 Å². The maximum Gasteiger partial charge on any atom is 0.291 e. The molecular weight excluding hydrogens is 394 g/mol. The summed E-state index contributed by atoms with van der Waals surface area (Å²) in [4.78, 5) is 19.8. The third-order valence-electron chi connectivity index (χ3n) is 5.88. The largest absolute Gasteiger partial charge is 0.410 e. The molecule has 0 N–H and O–H groups in total. The highest BCUT2D eigenvalue weighted by molar-refractivity contribution is 6.02. The first-order valence-corrected chi connectivity index (χ1v) is 11.7. The lowest BCUT2D eigenvalue weighted by Gasteiger charge is -2.20.